The standard InChI is InChI=1S/C51H34N2/c1-51(2)43-25-37(35-10-5-11-36(24-35)39-20-16-33-14-12-29-6-3-8-31-18-22-41(39)47(33)45(29)31)27-52-49(43)50-44(51)26-38(28-53-50)40-21-17-34-15-13-30-7-4-9-32-19-23-42(40)48(34)46(30)32/h3-6,8-14,16-28H,7,15H2,1-2H3. The average molecular weight is 675 g/mol. The van der Waals surface area contributed by atoms with Gasteiger partial charge in [0.1, 0.15) is 0 Å². The fourth-order valence-electron chi connectivity index (χ4n) is 9.84. The molecule has 0 radical (unpaired) electrons. The van der Waals surface area contributed by atoms with Crippen molar-refractivity contribution in [3.8, 4) is 44.8 Å². The summed E-state index contributed by atoms with van der Waals surface area (Å²) >= 11 is 0. The molecule has 0 saturated heterocycles. The van der Waals surface area contributed by atoms with Crippen molar-refractivity contribution in [2.75, 3.05) is 0 Å². The van der Waals surface area contributed by atoms with Crippen LogP contribution in [0.5, 0.6) is 0 Å². The van der Waals surface area contributed by atoms with Crippen LogP contribution in [-0.4, -0.2) is 9.97 Å². The molecule has 9 aromatic rings. The largest absolute Gasteiger partial charge is 0.254 e. The van der Waals surface area contributed by atoms with Gasteiger partial charge in [-0.2, -0.15) is 0 Å². The molecule has 248 valence electrons. The quantitative estimate of drug-likeness (QED) is 0.174. The molecule has 0 amide bonds. The topological polar surface area (TPSA) is 25.8 Å². The predicted molar refractivity (Wildman–Crippen MR) is 222 cm³/mol. The molecule has 0 unspecified atom stereocenters. The summed E-state index contributed by atoms with van der Waals surface area (Å²) in [4.78, 5) is 10.3. The SMILES string of the molecule is CC1(C)c2cc(-c3cccc(-c4ccc5ccc6cccc7ccc4c5c67)c3)cnc2-c2ncc(-c3ccc4c5c6c(ccc35)C=CCC6=CC4)cc21. The molecule has 3 aliphatic carbocycles. The highest BCUT2D eigenvalue weighted by molar-refractivity contribution is 6.25. The maximum atomic E-state index is 5.15. The van der Waals surface area contributed by atoms with Crippen LogP contribution in [0.2, 0.25) is 0 Å². The Balaban J connectivity index is 0.946. The van der Waals surface area contributed by atoms with E-state index in [4.69, 9.17) is 9.97 Å². The zero-order valence-corrected chi connectivity index (χ0v) is 29.7. The lowest BCUT2D eigenvalue weighted by molar-refractivity contribution is 0.658. The van der Waals surface area contributed by atoms with Crippen LogP contribution in [0, 0.1) is 0 Å². The highest BCUT2D eigenvalue weighted by atomic mass is 14.8. The second kappa shape index (κ2) is 10.4. The van der Waals surface area contributed by atoms with Crippen LogP contribution in [0.3, 0.4) is 0 Å². The van der Waals surface area contributed by atoms with Gasteiger partial charge < -0.3 is 0 Å². The van der Waals surface area contributed by atoms with Gasteiger partial charge in [-0.05, 0) is 130 Å². The smallest absolute Gasteiger partial charge is 0.0930 e. The summed E-state index contributed by atoms with van der Waals surface area (Å²) in [6.45, 7) is 4.66. The summed E-state index contributed by atoms with van der Waals surface area (Å²) in [5, 5.41) is 10.6. The maximum absolute atomic E-state index is 5.15. The van der Waals surface area contributed by atoms with E-state index in [2.05, 4.69) is 154 Å². The summed E-state index contributed by atoms with van der Waals surface area (Å²) in [5.74, 6) is 0. The van der Waals surface area contributed by atoms with Crippen molar-refractivity contribution < 1.29 is 0 Å². The van der Waals surface area contributed by atoms with Crippen molar-refractivity contribution in [2.45, 2.75) is 32.1 Å². The zero-order chi connectivity index (χ0) is 35.0. The molecule has 53 heavy (non-hydrogen) atoms. The van der Waals surface area contributed by atoms with Crippen molar-refractivity contribution in [1.29, 1.82) is 0 Å². The monoisotopic (exact) mass is 674 g/mol. The molecule has 0 spiro atoms. The van der Waals surface area contributed by atoms with Gasteiger partial charge in [-0.3, -0.25) is 9.97 Å². The van der Waals surface area contributed by atoms with Crippen LogP contribution in [0.1, 0.15) is 48.1 Å². The minimum atomic E-state index is -0.249. The van der Waals surface area contributed by atoms with Gasteiger partial charge >= 0.3 is 0 Å². The molecule has 0 atom stereocenters. The summed E-state index contributed by atoms with van der Waals surface area (Å²) < 4.78 is 0. The lowest BCUT2D eigenvalue weighted by Gasteiger charge is -2.25. The zero-order valence-electron chi connectivity index (χ0n) is 29.7. The van der Waals surface area contributed by atoms with E-state index in [-0.39, 0.29) is 5.41 Å². The molecular weight excluding hydrogens is 641 g/mol. The number of allylic oxidation sites excluding steroid dienone is 3. The minimum Gasteiger partial charge on any atom is -0.254 e. The fourth-order valence-corrected chi connectivity index (χ4v) is 9.84. The third kappa shape index (κ3) is 3.98. The van der Waals surface area contributed by atoms with E-state index in [1.54, 1.807) is 0 Å². The Morgan fingerprint density at radius 1 is 0.528 bits per heavy atom. The molecule has 2 heteroatoms. The van der Waals surface area contributed by atoms with Crippen molar-refractivity contribution >= 4 is 54.7 Å². The Bertz CT molecular complexity index is 3120. The van der Waals surface area contributed by atoms with Crippen molar-refractivity contribution in [3.63, 3.8) is 0 Å². The van der Waals surface area contributed by atoms with Crippen LogP contribution in [0.4, 0.5) is 0 Å². The number of hydrogen-bond acceptors (Lipinski definition) is 2. The number of rotatable bonds is 3. The lowest BCUT2D eigenvalue weighted by Crippen LogP contribution is -2.15. The van der Waals surface area contributed by atoms with Gasteiger partial charge in [0.05, 0.1) is 11.4 Å². The number of fused-ring (bicyclic) bond motifs is 3. The Kier molecular flexibility index (Phi) is 5.71. The Morgan fingerprint density at radius 3 is 2.02 bits per heavy atom. The third-order valence-electron chi connectivity index (χ3n) is 12.5. The molecule has 0 bridgehead atoms. The van der Waals surface area contributed by atoms with E-state index >= 15 is 0 Å². The van der Waals surface area contributed by atoms with Gasteiger partial charge in [-0.15, -0.1) is 0 Å². The van der Waals surface area contributed by atoms with Gasteiger partial charge in [-0.1, -0.05) is 129 Å². The van der Waals surface area contributed by atoms with Crippen LogP contribution in [-0.2, 0) is 11.8 Å². The van der Waals surface area contributed by atoms with Crippen LogP contribution >= 0.6 is 0 Å². The predicted octanol–water partition coefficient (Wildman–Crippen LogP) is 13.2. The van der Waals surface area contributed by atoms with Crippen LogP contribution in [0.15, 0.2) is 140 Å². The molecule has 12 rings (SSSR count). The first-order valence-electron chi connectivity index (χ1n) is 18.7. The number of pyridine rings is 2. The first-order valence-corrected chi connectivity index (χ1v) is 18.7. The van der Waals surface area contributed by atoms with Crippen molar-refractivity contribution in [3.05, 3.63) is 168 Å². The number of hydrogen-bond donors (Lipinski definition) is 0. The third-order valence-corrected chi connectivity index (χ3v) is 12.5. The Morgan fingerprint density at radius 2 is 1.17 bits per heavy atom. The van der Waals surface area contributed by atoms with Gasteiger partial charge in [0.15, 0.2) is 0 Å². The first-order chi connectivity index (χ1) is 26.0. The van der Waals surface area contributed by atoms with Gasteiger partial charge in [-0.25, -0.2) is 0 Å². The van der Waals surface area contributed by atoms with E-state index < -0.39 is 0 Å². The number of nitrogens with zero attached hydrogens (tertiary/aromatic N) is 2. The maximum Gasteiger partial charge on any atom is 0.0930 e. The fraction of sp³-hybridized carbons (Fsp3) is 0.0980. The van der Waals surface area contributed by atoms with Gasteiger partial charge in [0, 0.05) is 28.9 Å². The second-order valence-electron chi connectivity index (χ2n) is 15.7. The summed E-state index contributed by atoms with van der Waals surface area (Å²) in [6.07, 6.45) is 13.1. The molecular formula is C51H34N2. The number of aromatic nitrogens is 2. The van der Waals surface area contributed by atoms with E-state index in [0.717, 1.165) is 29.8 Å². The van der Waals surface area contributed by atoms with Gasteiger partial charge in [0.25, 0.3) is 0 Å². The van der Waals surface area contributed by atoms with E-state index in [1.165, 1.54) is 104 Å². The normalized spacial score (nSPS) is 15.0. The molecule has 0 aliphatic heterocycles. The van der Waals surface area contributed by atoms with E-state index in [1.807, 2.05) is 6.20 Å². The van der Waals surface area contributed by atoms with Crippen LogP contribution < -0.4 is 0 Å². The highest BCUT2D eigenvalue weighted by Gasteiger charge is 2.38. The molecule has 0 saturated carbocycles. The minimum absolute atomic E-state index is 0.249. The van der Waals surface area contributed by atoms with Crippen LogP contribution in [0.25, 0.3) is 99.5 Å². The van der Waals surface area contributed by atoms with Crippen molar-refractivity contribution in [2.24, 2.45) is 0 Å². The molecule has 0 fully saturated rings. The molecule has 0 N–H and O–H groups in total. The molecule has 2 nitrogen and oxygen atoms in total. The highest BCUT2D eigenvalue weighted by Crippen LogP contribution is 2.50. The molecule has 2 aromatic heterocycles. The molecule has 2 heterocycles. The van der Waals surface area contributed by atoms with E-state index in [9.17, 15) is 0 Å². The average Bonchev–Trinajstić information content (AvgIpc) is 3.43. The van der Waals surface area contributed by atoms with Gasteiger partial charge in [0.2, 0.25) is 0 Å². The number of benzene rings is 7. The summed E-state index contributed by atoms with van der Waals surface area (Å²) in [5.41, 5.74) is 17.0. The Labute approximate surface area is 308 Å². The summed E-state index contributed by atoms with van der Waals surface area (Å²) in [7, 11) is 0. The molecule has 7 aromatic carbocycles. The first kappa shape index (κ1) is 29.2. The van der Waals surface area contributed by atoms with E-state index in [0.29, 0.717) is 0 Å². The second-order valence-corrected chi connectivity index (χ2v) is 15.7. The summed E-state index contributed by atoms with van der Waals surface area (Å²) in [6, 6.07) is 43.2. The Hall–Kier alpha value is -6.38. The van der Waals surface area contributed by atoms with Crippen molar-refractivity contribution in [1.82, 2.24) is 9.97 Å². The molecule has 3 aliphatic rings. The lowest BCUT2D eigenvalue weighted by atomic mass is 9.79.